The lowest BCUT2D eigenvalue weighted by Gasteiger charge is -2.10. The van der Waals surface area contributed by atoms with Crippen LogP contribution in [-0.4, -0.2) is 25.1 Å². The first-order valence-corrected chi connectivity index (χ1v) is 6.20. The Kier molecular flexibility index (Phi) is 6.01. The van der Waals surface area contributed by atoms with Crippen LogP contribution in [0.5, 0.6) is 5.75 Å². The minimum absolute atomic E-state index is 0.103. The minimum Gasteiger partial charge on any atom is -0.484 e. The van der Waals surface area contributed by atoms with Crippen LogP contribution < -0.4 is 15.4 Å². The molecule has 0 atom stereocenters. The maximum atomic E-state index is 12.5. The van der Waals surface area contributed by atoms with Gasteiger partial charge in [0.25, 0.3) is 5.91 Å². The molecule has 21 heavy (non-hydrogen) atoms. The van der Waals surface area contributed by atoms with Gasteiger partial charge in [-0.2, -0.15) is 13.2 Å². The van der Waals surface area contributed by atoms with Crippen molar-refractivity contribution in [3.8, 4) is 5.75 Å². The summed E-state index contributed by atoms with van der Waals surface area (Å²) in [6, 6.07) is 3.47. The number of carbonyl (C=O) groups excluding carboxylic acids is 2. The lowest BCUT2D eigenvalue weighted by molar-refractivity contribution is -0.137. The van der Waals surface area contributed by atoms with E-state index in [-0.39, 0.29) is 5.75 Å². The molecular weight excluding hydrogens is 289 g/mol. The first-order valence-electron chi connectivity index (χ1n) is 6.20. The smallest absolute Gasteiger partial charge is 0.416 e. The number of nitrogens with one attached hydrogen (secondary N) is 2. The van der Waals surface area contributed by atoms with Crippen molar-refractivity contribution >= 4 is 11.9 Å². The molecule has 0 heterocycles. The number of rotatable bonds is 5. The van der Waals surface area contributed by atoms with Gasteiger partial charge < -0.3 is 10.1 Å². The number of halogens is 3. The van der Waals surface area contributed by atoms with Gasteiger partial charge in [-0.15, -0.1) is 0 Å². The molecule has 1 aromatic rings. The highest BCUT2D eigenvalue weighted by Gasteiger charge is 2.30. The summed E-state index contributed by atoms with van der Waals surface area (Å²) in [5.41, 5.74) is -0.874. The number of ether oxygens (including phenoxy) is 1. The largest absolute Gasteiger partial charge is 0.484 e. The van der Waals surface area contributed by atoms with Gasteiger partial charge in [-0.25, -0.2) is 4.79 Å². The topological polar surface area (TPSA) is 67.4 Å². The van der Waals surface area contributed by atoms with Crippen LogP contribution in [0.1, 0.15) is 18.9 Å². The molecular formula is C13H15F3N2O3. The van der Waals surface area contributed by atoms with Crippen molar-refractivity contribution < 1.29 is 27.5 Å². The summed E-state index contributed by atoms with van der Waals surface area (Å²) in [5.74, 6) is -0.852. The summed E-state index contributed by atoms with van der Waals surface area (Å²) in [6.45, 7) is 1.70. The molecule has 0 aliphatic rings. The molecule has 0 aromatic heterocycles. The van der Waals surface area contributed by atoms with Crippen molar-refractivity contribution in [1.82, 2.24) is 10.6 Å². The Balaban J connectivity index is 2.48. The van der Waals surface area contributed by atoms with E-state index in [0.29, 0.717) is 13.0 Å². The van der Waals surface area contributed by atoms with Gasteiger partial charge in [0.1, 0.15) is 5.75 Å². The van der Waals surface area contributed by atoms with Crippen LogP contribution in [0.25, 0.3) is 0 Å². The fraction of sp³-hybridized carbons (Fsp3) is 0.385. The third-order valence-electron chi connectivity index (χ3n) is 2.32. The number of hydrogen-bond acceptors (Lipinski definition) is 3. The average molecular weight is 304 g/mol. The van der Waals surface area contributed by atoms with Crippen molar-refractivity contribution in [1.29, 1.82) is 0 Å². The molecule has 0 aliphatic heterocycles. The Morgan fingerprint density at radius 1 is 1.29 bits per heavy atom. The zero-order chi connectivity index (χ0) is 15.9. The van der Waals surface area contributed by atoms with Gasteiger partial charge in [0, 0.05) is 6.54 Å². The third-order valence-corrected chi connectivity index (χ3v) is 2.32. The van der Waals surface area contributed by atoms with Gasteiger partial charge in [-0.05, 0) is 24.6 Å². The van der Waals surface area contributed by atoms with E-state index in [9.17, 15) is 22.8 Å². The van der Waals surface area contributed by atoms with Gasteiger partial charge in [0.15, 0.2) is 6.61 Å². The summed E-state index contributed by atoms with van der Waals surface area (Å²) >= 11 is 0. The molecule has 0 radical (unpaired) electrons. The number of urea groups is 1. The second-order valence-electron chi connectivity index (χ2n) is 4.12. The molecule has 1 rings (SSSR count). The van der Waals surface area contributed by atoms with Crippen LogP contribution in [0, 0.1) is 0 Å². The molecule has 0 fully saturated rings. The monoisotopic (exact) mass is 304 g/mol. The van der Waals surface area contributed by atoms with Gasteiger partial charge >= 0.3 is 12.2 Å². The summed E-state index contributed by atoms with van der Waals surface area (Å²) < 4.78 is 42.3. The fourth-order valence-corrected chi connectivity index (χ4v) is 1.36. The molecule has 3 amide bonds. The van der Waals surface area contributed by atoms with E-state index in [2.05, 4.69) is 5.32 Å². The number of benzene rings is 1. The van der Waals surface area contributed by atoms with Gasteiger partial charge in [-0.1, -0.05) is 13.0 Å². The number of alkyl halides is 3. The van der Waals surface area contributed by atoms with E-state index < -0.39 is 30.3 Å². The molecule has 8 heteroatoms. The molecule has 0 spiro atoms. The van der Waals surface area contributed by atoms with E-state index >= 15 is 0 Å². The normalized spacial score (nSPS) is 10.9. The fourth-order valence-electron chi connectivity index (χ4n) is 1.36. The third kappa shape index (κ3) is 6.15. The zero-order valence-electron chi connectivity index (χ0n) is 11.3. The molecule has 116 valence electrons. The molecule has 0 bridgehead atoms. The van der Waals surface area contributed by atoms with Gasteiger partial charge in [-0.3, -0.25) is 10.1 Å². The number of amides is 3. The second kappa shape index (κ2) is 7.51. The SMILES string of the molecule is CCCNC(=O)NC(=O)COc1cccc(C(F)(F)F)c1. The predicted octanol–water partition coefficient (Wildman–Crippen LogP) is 2.32. The van der Waals surface area contributed by atoms with E-state index in [0.717, 1.165) is 12.1 Å². The predicted molar refractivity (Wildman–Crippen MR) is 68.8 cm³/mol. The maximum absolute atomic E-state index is 12.5. The van der Waals surface area contributed by atoms with E-state index in [1.165, 1.54) is 12.1 Å². The van der Waals surface area contributed by atoms with Crippen LogP contribution >= 0.6 is 0 Å². The Hall–Kier alpha value is -2.25. The maximum Gasteiger partial charge on any atom is 0.416 e. The Morgan fingerprint density at radius 2 is 2.00 bits per heavy atom. The lowest BCUT2D eigenvalue weighted by atomic mass is 10.2. The summed E-state index contributed by atoms with van der Waals surface area (Å²) in [7, 11) is 0. The van der Waals surface area contributed by atoms with E-state index in [4.69, 9.17) is 4.74 Å². The molecule has 2 N–H and O–H groups in total. The van der Waals surface area contributed by atoms with Crippen LogP contribution in [0.2, 0.25) is 0 Å². The quantitative estimate of drug-likeness (QED) is 0.877. The van der Waals surface area contributed by atoms with E-state index in [1.54, 1.807) is 0 Å². The van der Waals surface area contributed by atoms with Gasteiger partial charge in [0.2, 0.25) is 0 Å². The average Bonchev–Trinajstić information content (AvgIpc) is 2.42. The number of carbonyl (C=O) groups is 2. The highest BCUT2D eigenvalue weighted by molar-refractivity contribution is 5.94. The first kappa shape index (κ1) is 16.8. The van der Waals surface area contributed by atoms with Crippen molar-refractivity contribution in [3.63, 3.8) is 0 Å². The number of hydrogen-bond donors (Lipinski definition) is 2. The molecule has 0 aliphatic carbocycles. The Labute approximate surface area is 119 Å². The number of imide groups is 1. The van der Waals surface area contributed by atoms with Gasteiger partial charge in [0.05, 0.1) is 5.56 Å². The van der Waals surface area contributed by atoms with Crippen LogP contribution in [-0.2, 0) is 11.0 Å². The van der Waals surface area contributed by atoms with Crippen LogP contribution in [0.4, 0.5) is 18.0 Å². The molecule has 1 aromatic carbocycles. The van der Waals surface area contributed by atoms with E-state index in [1.807, 2.05) is 12.2 Å². The summed E-state index contributed by atoms with van der Waals surface area (Å²) in [6.07, 6.45) is -3.77. The summed E-state index contributed by atoms with van der Waals surface area (Å²) in [4.78, 5) is 22.5. The van der Waals surface area contributed by atoms with Crippen molar-refractivity contribution in [2.24, 2.45) is 0 Å². The van der Waals surface area contributed by atoms with Crippen molar-refractivity contribution in [2.45, 2.75) is 19.5 Å². The molecule has 0 unspecified atom stereocenters. The molecule has 0 saturated heterocycles. The minimum atomic E-state index is -4.48. The Bertz CT molecular complexity index is 504. The standard InChI is InChI=1S/C13H15F3N2O3/c1-2-6-17-12(20)18-11(19)8-21-10-5-3-4-9(7-10)13(14,15)16/h3-5,7H,2,6,8H2,1H3,(H2,17,18,19,20). The molecule has 5 nitrogen and oxygen atoms in total. The first-order chi connectivity index (χ1) is 9.82. The van der Waals surface area contributed by atoms with Crippen LogP contribution in [0.3, 0.4) is 0 Å². The lowest BCUT2D eigenvalue weighted by Crippen LogP contribution is -2.41. The zero-order valence-corrected chi connectivity index (χ0v) is 11.3. The van der Waals surface area contributed by atoms with Crippen molar-refractivity contribution in [3.05, 3.63) is 29.8 Å². The van der Waals surface area contributed by atoms with Crippen LogP contribution in [0.15, 0.2) is 24.3 Å². The molecule has 0 saturated carbocycles. The summed E-state index contributed by atoms with van der Waals surface area (Å²) in [5, 5.41) is 4.41. The highest BCUT2D eigenvalue weighted by Crippen LogP contribution is 2.31. The van der Waals surface area contributed by atoms with Crippen molar-refractivity contribution in [2.75, 3.05) is 13.2 Å². The second-order valence-corrected chi connectivity index (χ2v) is 4.12. The highest BCUT2D eigenvalue weighted by atomic mass is 19.4. The Morgan fingerprint density at radius 3 is 2.62 bits per heavy atom.